The van der Waals surface area contributed by atoms with Gasteiger partial charge in [0.15, 0.2) is 0 Å². The summed E-state index contributed by atoms with van der Waals surface area (Å²) in [4.78, 5) is 26.0. The molecule has 0 bridgehead atoms. The van der Waals surface area contributed by atoms with E-state index in [1.54, 1.807) is 13.0 Å². The molecule has 1 atom stereocenters. The number of para-hydroxylation sites is 1. The Bertz CT molecular complexity index is 1290. The van der Waals surface area contributed by atoms with E-state index in [1.807, 2.05) is 0 Å². The number of ether oxygens (including phenoxy) is 1. The second-order valence-corrected chi connectivity index (χ2v) is 9.45. The number of hydrogen-bond acceptors (Lipinski definition) is 4. The molecule has 1 unspecified atom stereocenters. The zero-order chi connectivity index (χ0) is 24.6. The van der Waals surface area contributed by atoms with E-state index in [0.29, 0.717) is 11.6 Å². The largest absolute Gasteiger partial charge is 0.478 e. The fraction of sp³-hybridized carbons (Fsp3) is 0.100. The number of hydrogen-bond donors (Lipinski definition) is 3. The van der Waals surface area contributed by atoms with Crippen LogP contribution >= 0.6 is 30.7 Å². The molecule has 0 amide bonds. The zero-order valence-corrected chi connectivity index (χ0v) is 18.9. The van der Waals surface area contributed by atoms with Crippen LogP contribution in [0.25, 0.3) is 0 Å². The number of carboxylic acid groups (broad SMARTS) is 1. The van der Waals surface area contributed by atoms with Crippen molar-refractivity contribution in [1.82, 2.24) is 4.98 Å². The van der Waals surface area contributed by atoms with E-state index >= 15 is 0 Å². The maximum Gasteiger partial charge on any atom is 0.417 e. The topological polar surface area (TPSA) is 109 Å². The molecule has 1 aromatic heterocycles. The molecule has 2 aromatic carbocycles. The maximum atomic E-state index is 13.2. The van der Waals surface area contributed by atoms with Gasteiger partial charge >= 0.3 is 19.7 Å². The minimum atomic E-state index is -4.85. The lowest BCUT2D eigenvalue weighted by atomic mass is 10.1. The normalized spacial score (nSPS) is 13.3. The summed E-state index contributed by atoms with van der Waals surface area (Å²) in [6, 6.07) is 7.80. The smallest absolute Gasteiger partial charge is 0.417 e. The fourth-order valence-corrected chi connectivity index (χ4v) is 4.37. The molecule has 0 radical (unpaired) electrons. The highest BCUT2D eigenvalue weighted by molar-refractivity contribution is 7.67. The van der Waals surface area contributed by atoms with E-state index in [2.05, 4.69) is 10.1 Å². The molecule has 0 saturated heterocycles. The second-order valence-electron chi connectivity index (χ2n) is 6.71. The number of anilines is 1. The van der Waals surface area contributed by atoms with Crippen molar-refractivity contribution in [3.8, 4) is 11.6 Å². The Morgan fingerprint density at radius 2 is 1.88 bits per heavy atom. The summed E-state index contributed by atoms with van der Waals surface area (Å²) in [6.07, 6.45) is -3.70. The fourth-order valence-electron chi connectivity index (χ4n) is 2.79. The Morgan fingerprint density at radius 1 is 1.18 bits per heavy atom. The molecule has 13 heteroatoms. The zero-order valence-electron chi connectivity index (χ0n) is 16.5. The van der Waals surface area contributed by atoms with E-state index in [4.69, 9.17) is 27.9 Å². The van der Waals surface area contributed by atoms with Crippen molar-refractivity contribution in [2.75, 3.05) is 5.09 Å². The summed E-state index contributed by atoms with van der Waals surface area (Å²) in [7, 11) is -4.68. The van der Waals surface area contributed by atoms with Gasteiger partial charge in [-0.1, -0.05) is 35.3 Å². The maximum absolute atomic E-state index is 13.2. The monoisotopic (exact) mass is 520 g/mol. The third-order valence-corrected chi connectivity index (χ3v) is 6.39. The Labute approximate surface area is 195 Å². The molecule has 3 rings (SSSR count). The van der Waals surface area contributed by atoms with E-state index in [0.717, 1.165) is 24.4 Å². The Hall–Kier alpha value is -2.78. The molecule has 174 valence electrons. The van der Waals surface area contributed by atoms with Crippen LogP contribution in [0.4, 0.5) is 18.9 Å². The van der Waals surface area contributed by atoms with Crippen LogP contribution < -0.4 is 15.1 Å². The number of pyridine rings is 1. The molecule has 7 nitrogen and oxygen atoms in total. The van der Waals surface area contributed by atoms with Crippen LogP contribution in [0.3, 0.4) is 0 Å². The highest BCUT2D eigenvalue weighted by atomic mass is 35.5. The Balaban J connectivity index is 2.04. The van der Waals surface area contributed by atoms with Crippen LogP contribution in [0, 0.1) is 6.92 Å². The lowest BCUT2D eigenvalue weighted by Gasteiger charge is -2.19. The Morgan fingerprint density at radius 3 is 2.52 bits per heavy atom. The second kappa shape index (κ2) is 9.23. The van der Waals surface area contributed by atoms with Gasteiger partial charge in [-0.15, -0.1) is 0 Å². The lowest BCUT2D eigenvalue weighted by Crippen LogP contribution is -2.16. The summed E-state index contributed by atoms with van der Waals surface area (Å²) < 4.78 is 58.1. The number of nitrogens with one attached hydrogen (secondary N) is 1. The van der Waals surface area contributed by atoms with Gasteiger partial charge in [-0.3, -0.25) is 4.57 Å². The highest BCUT2D eigenvalue weighted by Gasteiger charge is 2.35. The van der Waals surface area contributed by atoms with Gasteiger partial charge in [0.25, 0.3) is 0 Å². The number of carboxylic acids is 1. The quantitative estimate of drug-likeness (QED) is 0.335. The molecule has 0 spiro atoms. The van der Waals surface area contributed by atoms with Crippen molar-refractivity contribution in [3.63, 3.8) is 0 Å². The first kappa shape index (κ1) is 24.9. The number of alkyl halides is 3. The van der Waals surface area contributed by atoms with Crippen LogP contribution in [0.1, 0.15) is 21.5 Å². The molecule has 0 fully saturated rings. The summed E-state index contributed by atoms with van der Waals surface area (Å²) >= 11 is 11.5. The van der Waals surface area contributed by atoms with Crippen molar-refractivity contribution < 1.29 is 37.3 Å². The SMILES string of the molecule is Cc1cccc(C(=O)O)c1Oc1ncc(Cl)cc1NP(=O)(O)c1ccc(Cl)c(C(F)(F)F)c1. The van der Waals surface area contributed by atoms with Gasteiger partial charge in [0.1, 0.15) is 17.0 Å². The van der Waals surface area contributed by atoms with Crippen molar-refractivity contribution in [1.29, 1.82) is 0 Å². The van der Waals surface area contributed by atoms with E-state index in [-0.39, 0.29) is 27.9 Å². The molecular formula is C20H14Cl2F3N2O5P. The van der Waals surface area contributed by atoms with Gasteiger partial charge in [-0.05, 0) is 42.8 Å². The molecule has 3 aromatic rings. The summed E-state index contributed by atoms with van der Waals surface area (Å²) in [5.41, 5.74) is -1.31. The van der Waals surface area contributed by atoms with Crippen LogP contribution in [0.5, 0.6) is 11.6 Å². The van der Waals surface area contributed by atoms with Crippen molar-refractivity contribution >= 4 is 47.7 Å². The van der Waals surface area contributed by atoms with Gasteiger partial charge in [0.05, 0.1) is 20.9 Å². The molecule has 3 N–H and O–H groups in total. The van der Waals surface area contributed by atoms with Crippen LogP contribution in [0.15, 0.2) is 48.7 Å². The lowest BCUT2D eigenvalue weighted by molar-refractivity contribution is -0.137. The molecule has 0 aliphatic carbocycles. The number of aryl methyl sites for hydroxylation is 1. The predicted molar refractivity (Wildman–Crippen MR) is 117 cm³/mol. The minimum absolute atomic E-state index is 0.0141. The summed E-state index contributed by atoms with van der Waals surface area (Å²) in [5.74, 6) is -1.69. The van der Waals surface area contributed by atoms with Crippen LogP contribution in [-0.4, -0.2) is 21.0 Å². The molecule has 0 aliphatic rings. The average molecular weight is 521 g/mol. The van der Waals surface area contributed by atoms with E-state index in [1.165, 1.54) is 12.1 Å². The number of rotatable bonds is 6. The van der Waals surface area contributed by atoms with Crippen molar-refractivity contribution in [2.45, 2.75) is 13.1 Å². The number of halogens is 5. The van der Waals surface area contributed by atoms with Gasteiger partial charge < -0.3 is 19.8 Å². The predicted octanol–water partition coefficient (Wildman–Crippen LogP) is 6.13. The van der Waals surface area contributed by atoms with Crippen molar-refractivity contribution in [3.05, 3.63) is 75.4 Å². The number of nitrogens with zero attached hydrogens (tertiary/aromatic N) is 1. The first-order valence-corrected chi connectivity index (χ1v) is 11.4. The summed E-state index contributed by atoms with van der Waals surface area (Å²) in [5, 5.41) is 10.4. The van der Waals surface area contributed by atoms with Gasteiger partial charge in [0, 0.05) is 6.20 Å². The van der Waals surface area contributed by atoms with E-state index in [9.17, 15) is 32.5 Å². The van der Waals surface area contributed by atoms with Crippen LogP contribution in [-0.2, 0) is 10.7 Å². The van der Waals surface area contributed by atoms with Gasteiger partial charge in [0.2, 0.25) is 5.88 Å². The third kappa shape index (κ3) is 5.59. The minimum Gasteiger partial charge on any atom is -0.478 e. The van der Waals surface area contributed by atoms with Gasteiger partial charge in [-0.2, -0.15) is 13.2 Å². The highest BCUT2D eigenvalue weighted by Crippen LogP contribution is 2.45. The van der Waals surface area contributed by atoms with Crippen molar-refractivity contribution in [2.24, 2.45) is 0 Å². The Kier molecular flexibility index (Phi) is 6.95. The summed E-state index contributed by atoms with van der Waals surface area (Å²) in [6.45, 7) is 1.58. The third-order valence-electron chi connectivity index (χ3n) is 4.34. The van der Waals surface area contributed by atoms with E-state index < -0.39 is 35.6 Å². The first-order chi connectivity index (χ1) is 15.3. The molecule has 33 heavy (non-hydrogen) atoms. The molecule has 0 saturated carbocycles. The average Bonchev–Trinajstić information content (AvgIpc) is 2.70. The van der Waals surface area contributed by atoms with Crippen LogP contribution in [0.2, 0.25) is 10.0 Å². The number of aromatic carboxylic acids is 1. The number of aromatic nitrogens is 1. The standard InChI is InChI=1S/C20H14Cl2F3N2O5P/c1-10-3-2-4-13(19(28)29)17(10)32-18-16(7-11(21)9-26-18)27-33(30,31)12-5-6-15(22)14(8-12)20(23,24)25/h2-9H,1H3,(H,28,29)(H2,27,30,31). The number of benzene rings is 2. The van der Waals surface area contributed by atoms with Gasteiger partial charge in [-0.25, -0.2) is 9.78 Å². The first-order valence-electron chi connectivity index (χ1n) is 8.94. The molecular weight excluding hydrogens is 507 g/mol. The molecule has 1 heterocycles. The number of carbonyl (C=O) groups is 1. The molecule has 0 aliphatic heterocycles.